The van der Waals surface area contributed by atoms with Gasteiger partial charge in [-0.2, -0.15) is 0 Å². The maximum Gasteiger partial charge on any atom is 0.140 e. The van der Waals surface area contributed by atoms with Crippen LogP contribution in [0.2, 0.25) is 39.3 Å². The Kier molecular flexibility index (Phi) is 10.6. The van der Waals surface area contributed by atoms with Gasteiger partial charge < -0.3 is 18.6 Å². The highest BCUT2D eigenvalue weighted by atomic mass is 28.3. The topological polar surface area (TPSA) is 32.8 Å². The Morgan fingerprint density at radius 1 is 0.429 bits per heavy atom. The first kappa shape index (κ1) is 48.7. The zero-order valence-corrected chi connectivity index (χ0v) is 49.4. The van der Waals surface area contributed by atoms with E-state index in [-0.39, 0.29) is 16.2 Å². The van der Waals surface area contributed by atoms with Crippen LogP contribution in [0.15, 0.2) is 167 Å². The zero-order chi connectivity index (χ0) is 53.3. The Morgan fingerprint density at radius 3 is 1.39 bits per heavy atom. The number of fused-ring (bicyclic) bond motifs is 11. The Morgan fingerprint density at radius 2 is 0.883 bits per heavy atom. The van der Waals surface area contributed by atoms with Crippen LogP contribution in [-0.4, -0.2) is 16.1 Å². The summed E-state index contributed by atoms with van der Waals surface area (Å²) in [6.45, 7) is 28.3. The lowest BCUT2D eigenvalue weighted by Gasteiger charge is -2.44. The molecule has 0 N–H and O–H groups in total. The van der Waals surface area contributed by atoms with Crippen molar-refractivity contribution >= 4 is 105 Å². The second-order valence-electron chi connectivity index (χ2n) is 27.9. The molecule has 6 heteroatoms. The van der Waals surface area contributed by atoms with Crippen molar-refractivity contribution in [2.45, 2.75) is 123 Å². The third-order valence-electron chi connectivity index (χ3n) is 19.1. The highest BCUT2D eigenvalue weighted by molar-refractivity contribution is 6.89. The van der Waals surface area contributed by atoms with Crippen molar-refractivity contribution in [2.24, 2.45) is 23.7 Å². The molecule has 1 spiro atoms. The molecule has 4 fully saturated rings. The molecule has 5 atom stereocenters. The summed E-state index contributed by atoms with van der Waals surface area (Å²) in [7, 11) is -2.99. The van der Waals surface area contributed by atoms with E-state index in [4.69, 9.17) is 8.83 Å². The van der Waals surface area contributed by atoms with Gasteiger partial charge >= 0.3 is 0 Å². The molecule has 0 aliphatic heterocycles. The van der Waals surface area contributed by atoms with Gasteiger partial charge in [0.2, 0.25) is 0 Å². The van der Waals surface area contributed by atoms with Crippen LogP contribution in [0, 0.1) is 23.7 Å². The van der Waals surface area contributed by atoms with Crippen LogP contribution >= 0.6 is 0 Å². The highest BCUT2D eigenvalue weighted by Gasteiger charge is 2.67. The van der Waals surface area contributed by atoms with E-state index in [0.29, 0.717) is 11.8 Å². The van der Waals surface area contributed by atoms with Gasteiger partial charge in [0.1, 0.15) is 22.3 Å². The fraction of sp³-hybridized carbons (Fsp3) is 0.324. The monoisotopic (exact) mass is 1040 g/mol. The Hall–Kier alpha value is -6.61. The average molecular weight is 1040 g/mol. The van der Waals surface area contributed by atoms with Crippen LogP contribution in [0.4, 0.5) is 34.1 Å². The molecule has 388 valence electrons. The molecule has 5 unspecified atom stereocenters. The lowest BCUT2D eigenvalue weighted by Crippen LogP contribution is -2.40. The number of anilines is 6. The predicted octanol–water partition coefficient (Wildman–Crippen LogP) is 19.4. The Balaban J connectivity index is 0.929. The largest absolute Gasteiger partial charge is 0.456 e. The molecule has 8 aromatic carbocycles. The second-order valence-corrected chi connectivity index (χ2v) is 38.0. The van der Waals surface area contributed by atoms with Gasteiger partial charge in [-0.25, -0.2) is 0 Å². The molecule has 77 heavy (non-hydrogen) atoms. The SMILES string of the molecule is CC(C)(C)c1ccc(N(c2ccc([Si](C)(C)C)cc2)c2ccc3c(c2)oc2c4c(ccc23)-c2ccc3oc5cc(N(c6ccc(C(C)(C)C)cc6)c6ccc([Si](C)(C)C)cc6)ccc5c3c2C42C3CC4CC(C3)C2C4)cc1. The molecule has 0 amide bonds. The summed E-state index contributed by atoms with van der Waals surface area (Å²) in [5.74, 6) is 2.64. The number of rotatable bonds is 8. The van der Waals surface area contributed by atoms with Crippen molar-refractivity contribution in [2.75, 3.05) is 9.80 Å². The van der Waals surface area contributed by atoms with Crippen molar-refractivity contribution in [1.29, 1.82) is 0 Å². The number of hydrogen-bond donors (Lipinski definition) is 0. The minimum atomic E-state index is -1.50. The minimum absolute atomic E-state index is 0.0626. The van der Waals surface area contributed by atoms with Crippen LogP contribution in [0.5, 0.6) is 0 Å². The van der Waals surface area contributed by atoms with E-state index >= 15 is 0 Å². The van der Waals surface area contributed by atoms with Gasteiger partial charge in [0.25, 0.3) is 0 Å². The lowest BCUT2D eigenvalue weighted by molar-refractivity contribution is 0.192. The highest BCUT2D eigenvalue weighted by Crippen LogP contribution is 2.75. The van der Waals surface area contributed by atoms with E-state index in [2.05, 4.69) is 248 Å². The van der Waals surface area contributed by atoms with Crippen molar-refractivity contribution < 1.29 is 8.83 Å². The van der Waals surface area contributed by atoms with E-state index < -0.39 is 16.1 Å². The van der Waals surface area contributed by atoms with Crippen LogP contribution in [0.25, 0.3) is 55.0 Å². The van der Waals surface area contributed by atoms with Crippen molar-refractivity contribution in [3.63, 3.8) is 0 Å². The first-order valence-corrected chi connectivity index (χ1v) is 35.7. The summed E-state index contributed by atoms with van der Waals surface area (Å²) in [4.78, 5) is 4.83. The van der Waals surface area contributed by atoms with Gasteiger partial charge in [-0.1, -0.05) is 152 Å². The summed E-state index contributed by atoms with van der Waals surface area (Å²) >= 11 is 0. The maximum atomic E-state index is 7.53. The quantitative estimate of drug-likeness (QED) is 0.142. The van der Waals surface area contributed by atoms with Crippen LogP contribution in [-0.2, 0) is 16.2 Å². The van der Waals surface area contributed by atoms with E-state index in [1.54, 1.807) is 0 Å². The Bertz CT molecular complexity index is 3870. The molecule has 4 bridgehead atoms. The molecule has 10 aromatic rings. The molecule has 2 heterocycles. The molecule has 15 rings (SSSR count). The molecule has 0 radical (unpaired) electrons. The molecular weight excluding hydrogens is 969 g/mol. The van der Waals surface area contributed by atoms with Gasteiger partial charge in [-0.05, 0) is 173 Å². The van der Waals surface area contributed by atoms with Crippen molar-refractivity contribution in [1.82, 2.24) is 0 Å². The summed E-state index contributed by atoms with van der Waals surface area (Å²) < 4.78 is 14.7. The van der Waals surface area contributed by atoms with Gasteiger partial charge in [0, 0.05) is 78.8 Å². The number of hydrogen-bond acceptors (Lipinski definition) is 4. The third kappa shape index (κ3) is 7.47. The smallest absolute Gasteiger partial charge is 0.140 e. The predicted molar refractivity (Wildman–Crippen MR) is 332 cm³/mol. The molecule has 4 saturated carbocycles. The summed E-state index contributed by atoms with van der Waals surface area (Å²) in [6, 6.07) is 60.6. The van der Waals surface area contributed by atoms with E-state index in [9.17, 15) is 0 Å². The second kappa shape index (κ2) is 16.7. The number of nitrogens with zero attached hydrogens (tertiary/aromatic N) is 2. The van der Waals surface area contributed by atoms with Crippen molar-refractivity contribution in [3.05, 3.63) is 180 Å². The zero-order valence-electron chi connectivity index (χ0n) is 47.4. The van der Waals surface area contributed by atoms with Gasteiger partial charge in [0.05, 0.1) is 16.1 Å². The first-order chi connectivity index (χ1) is 36.6. The van der Waals surface area contributed by atoms with Gasteiger partial charge in [0.15, 0.2) is 0 Å². The van der Waals surface area contributed by atoms with Crippen LogP contribution < -0.4 is 20.2 Å². The Labute approximate surface area is 458 Å². The molecular formula is C71H74N2O2Si2. The average Bonchev–Trinajstić information content (AvgIpc) is 4.15. The summed E-state index contributed by atoms with van der Waals surface area (Å²) in [5.41, 5.74) is 19.0. The molecule has 5 aliphatic carbocycles. The maximum absolute atomic E-state index is 7.53. The van der Waals surface area contributed by atoms with Gasteiger partial charge in [-0.15, -0.1) is 0 Å². The number of furan rings is 2. The lowest BCUT2D eigenvalue weighted by atomic mass is 9.58. The summed E-state index contributed by atoms with van der Waals surface area (Å²) in [6.07, 6.45) is 5.21. The van der Waals surface area contributed by atoms with Crippen molar-refractivity contribution in [3.8, 4) is 11.1 Å². The molecule has 0 saturated heterocycles. The number of benzene rings is 8. The molecule has 4 nitrogen and oxygen atoms in total. The van der Waals surface area contributed by atoms with E-state index in [1.807, 2.05) is 0 Å². The minimum Gasteiger partial charge on any atom is -0.456 e. The molecule has 2 aromatic heterocycles. The van der Waals surface area contributed by atoms with E-state index in [0.717, 1.165) is 68.3 Å². The third-order valence-corrected chi connectivity index (χ3v) is 23.2. The normalized spacial score (nSPS) is 20.8. The van der Waals surface area contributed by atoms with Gasteiger partial charge in [-0.3, -0.25) is 0 Å². The first-order valence-electron chi connectivity index (χ1n) is 28.7. The summed E-state index contributed by atoms with van der Waals surface area (Å²) in [5, 5.41) is 7.84. The fourth-order valence-electron chi connectivity index (χ4n) is 15.3. The van der Waals surface area contributed by atoms with Crippen LogP contribution in [0.3, 0.4) is 0 Å². The molecule has 5 aliphatic rings. The standard InChI is InChI=1S/C71H74N2O2Si2/c1-69(2,3)45-13-17-48(18-14-45)72(50-21-27-54(28-22-50)76(7,8)9)52-25-31-56-59-34-33-58-57-35-36-62-65(66(57)71(67(58)68(59)75-63(56)41-52)47-38-43-37-44(40-47)61(71)39-43)60-32-26-53(42-64(60)74-62)73(49-19-15-46(16-20-49)70(4,5)6)51-23-29-55(30-24-51)77(10,11)12/h13-36,41-44,47,61H,37-40H2,1-12H3. The van der Waals surface area contributed by atoms with Crippen LogP contribution in [0.1, 0.15) is 89.5 Å². The van der Waals surface area contributed by atoms with E-state index in [1.165, 1.54) is 91.0 Å². The fourth-order valence-corrected chi connectivity index (χ4v) is 17.6.